The van der Waals surface area contributed by atoms with Gasteiger partial charge in [-0.05, 0) is 248 Å². The molecule has 0 heterocycles. The summed E-state index contributed by atoms with van der Waals surface area (Å²) in [7, 11) is -20.7. The van der Waals surface area contributed by atoms with Crippen molar-refractivity contribution < 1.29 is 135 Å². The molecule has 0 amide bonds. The Morgan fingerprint density at radius 1 is 0.349 bits per heavy atom. The van der Waals surface area contributed by atoms with Crippen molar-refractivity contribution in [1.82, 2.24) is 0 Å². The van der Waals surface area contributed by atoms with Gasteiger partial charge in [-0.3, -0.25) is 68.9 Å². The van der Waals surface area contributed by atoms with Crippen molar-refractivity contribution >= 4 is 156 Å². The summed E-state index contributed by atoms with van der Waals surface area (Å²) in [4.78, 5) is 121. The molecule has 0 spiro atoms. The predicted molar refractivity (Wildman–Crippen MR) is 477 cm³/mol. The van der Waals surface area contributed by atoms with Crippen LogP contribution in [0, 0.1) is 27.1 Å². The lowest BCUT2D eigenvalue weighted by atomic mass is 9.87. The lowest BCUT2D eigenvalue weighted by Crippen LogP contribution is -2.44. The molecule has 0 N–H and O–H groups in total. The molecule has 0 bridgehead atoms. The maximum atomic E-state index is 12.9. The molecule has 30 nitrogen and oxygen atoms in total. The number of carbonyl (C=O) groups excluding carboxylic acids is 10. The molecular weight excluding hydrogens is 1760 g/mol. The van der Waals surface area contributed by atoms with E-state index in [2.05, 4.69) is 37.1 Å². The van der Waals surface area contributed by atoms with E-state index in [1.54, 1.807) is 156 Å². The second-order valence-corrected chi connectivity index (χ2v) is 42.6. The van der Waals surface area contributed by atoms with Crippen LogP contribution in [0.1, 0.15) is 207 Å². The van der Waals surface area contributed by atoms with Crippen LogP contribution in [0.2, 0.25) is 5.02 Å². The highest BCUT2D eigenvalue weighted by Crippen LogP contribution is 2.36. The summed E-state index contributed by atoms with van der Waals surface area (Å²) in [6, 6.07) is 26.0. The first-order valence-electron chi connectivity index (χ1n) is 39.2. The number of esters is 5. The zero-order chi connectivity index (χ0) is 97.4. The summed E-state index contributed by atoms with van der Waals surface area (Å²) in [5, 5.41) is 1.73. The van der Waals surface area contributed by atoms with E-state index in [-0.39, 0.29) is 30.7 Å². The summed E-state index contributed by atoms with van der Waals surface area (Å²) in [6.07, 6.45) is 10.5. The first kappa shape index (κ1) is 113. The maximum absolute atomic E-state index is 12.9. The smallest absolute Gasteiger partial charge is 0.322 e. The fourth-order valence-corrected chi connectivity index (χ4v) is 15.1. The molecular formula is C90H119ClO30S5. The van der Waals surface area contributed by atoms with E-state index in [1.165, 1.54) is 124 Å². The number of benzene rings is 5. The Labute approximate surface area is 747 Å². The Balaban J connectivity index is 0.000000537. The quantitative estimate of drug-likeness (QED) is 0.0157. The van der Waals surface area contributed by atoms with Gasteiger partial charge < -0.3 is 23.7 Å². The van der Waals surface area contributed by atoms with Gasteiger partial charge in [-0.1, -0.05) is 136 Å². The van der Waals surface area contributed by atoms with Gasteiger partial charge in [0.2, 0.25) is 0 Å². The molecule has 5 aromatic carbocycles. The fourth-order valence-electron chi connectivity index (χ4n) is 9.92. The topological polar surface area (TPSA) is 434 Å². The van der Waals surface area contributed by atoms with Crippen LogP contribution in [0.3, 0.4) is 0 Å². The first-order chi connectivity index (χ1) is 57.4. The summed E-state index contributed by atoms with van der Waals surface area (Å²) in [5.41, 5.74) is -8.91. The van der Waals surface area contributed by atoms with E-state index in [1.807, 2.05) is 0 Å². The summed E-state index contributed by atoms with van der Waals surface area (Å²) in [6.45, 7) is 46.8. The fraction of sp³-hybridized carbons (Fsp3) is 0.467. The van der Waals surface area contributed by atoms with Crippen LogP contribution in [0.4, 0.5) is 0 Å². The van der Waals surface area contributed by atoms with Crippen molar-refractivity contribution in [2.45, 2.75) is 233 Å². The molecule has 1 aliphatic carbocycles. The third-order valence-electron chi connectivity index (χ3n) is 19.0. The second-order valence-electron chi connectivity index (χ2n) is 34.2. The maximum Gasteiger partial charge on any atom is 0.322 e. The van der Waals surface area contributed by atoms with Gasteiger partial charge in [-0.15, -0.1) is 0 Å². The number of Topliss-reactive ketones (excluding diaryl/α,β-unsaturated/α-hetero) is 5. The van der Waals surface area contributed by atoms with Crippen LogP contribution >= 0.6 is 11.6 Å². The second kappa shape index (κ2) is 45.5. The molecule has 6 rings (SSSR count). The first-order valence-corrected chi connectivity index (χ1v) is 46.7. The van der Waals surface area contributed by atoms with Crippen LogP contribution in [-0.4, -0.2) is 162 Å². The molecule has 5 atom stereocenters. The van der Waals surface area contributed by atoms with Crippen LogP contribution in [0.5, 0.6) is 0 Å². The third kappa shape index (κ3) is 33.7. The molecule has 1 saturated carbocycles. The highest BCUT2D eigenvalue weighted by Gasteiger charge is 2.49. The Bertz CT molecular complexity index is 5320. The molecule has 1 fully saturated rings. The number of rotatable bonds is 35. The molecule has 126 heavy (non-hydrogen) atoms. The SMILES string of the molecule is C=CS(=O)(=O)OCC(C)(C(C)=O)C(=O)OC(C)(C)C.C=Cc1ccc(S(=O)(=O)OCC(C)(C(C)=O)C(=O)OC(C)(C)C)c2ccccc12.C=Cc1ccc(S(=O)(=O)OCC(C)(C(C)=O)C(=O)OC(C)(C)C)cc1.C=Cc1ccc(S(=O)(=O)OCC(C)(C(C)=O)C(=O)OC(C)(C)C)cc1.C=Cc1ccc(S(=O)(=O)OCC(C)(C(C)=O)C(=O)OC2CCCCC2)c(Cl)c1. The van der Waals surface area contributed by atoms with E-state index >= 15 is 0 Å². The van der Waals surface area contributed by atoms with Gasteiger partial charge in [0, 0.05) is 5.39 Å². The number of carbonyl (C=O) groups is 10. The van der Waals surface area contributed by atoms with Gasteiger partial charge in [0.25, 0.3) is 50.6 Å². The Morgan fingerprint density at radius 3 is 0.929 bits per heavy atom. The van der Waals surface area contributed by atoms with Crippen molar-refractivity contribution in [3.05, 3.63) is 169 Å². The number of ether oxygens (including phenoxy) is 5. The number of fused-ring (bicyclic) bond motifs is 1. The molecule has 0 saturated heterocycles. The minimum absolute atomic E-state index is 0.0355. The van der Waals surface area contributed by atoms with Crippen LogP contribution in [0.25, 0.3) is 35.1 Å². The third-order valence-corrected chi connectivity index (χ3v) is 25.4. The Kier molecular flexibility index (Phi) is 40.7. The van der Waals surface area contributed by atoms with Gasteiger partial charge in [-0.25, -0.2) is 0 Å². The van der Waals surface area contributed by atoms with Crippen LogP contribution < -0.4 is 0 Å². The van der Waals surface area contributed by atoms with Gasteiger partial charge >= 0.3 is 29.8 Å². The normalized spacial score (nSPS) is 15.2. The standard InChI is InChI=1S/C22H26O6S.C20H25ClO6S.2C18H24O6S.C12H20O6S/c1-7-16-12-13-19(18-11-9-8-10-17(16)18)29(25,26)27-14-22(6,15(2)23)20(24)28-21(3,4)5;1-4-15-10-11-18(17(21)12-15)28(24,25)26-13-20(3,14(2)22)19(23)27-16-8-6-5-7-9-16;2*1-7-14-8-10-15(11-9-14)25(21,22)23-12-18(6,13(2)19)16(20)24-17(3,4)5;1-7-19(15,16)17-8-12(6,9(2)13)10(14)18-11(3,4)5/h7-13H,1,14H2,2-6H3;4,10-12,16H,1,5-9,13H2,2-3H3;2*7-11H,1,12H2,2-6H3;7H,1,8H2,2-6H3. The minimum atomic E-state index is -4.28. The zero-order valence-corrected chi connectivity index (χ0v) is 80.4. The van der Waals surface area contributed by atoms with Gasteiger partial charge in [-0.2, -0.15) is 42.1 Å². The highest BCUT2D eigenvalue weighted by molar-refractivity contribution is 7.89. The van der Waals surface area contributed by atoms with E-state index in [0.717, 1.165) is 48.8 Å². The number of hydrogen-bond donors (Lipinski definition) is 0. The molecule has 1 aliphatic rings. The molecule has 5 aromatic rings. The van der Waals surface area contributed by atoms with Gasteiger partial charge in [0.15, 0.2) is 0 Å². The van der Waals surface area contributed by atoms with Gasteiger partial charge in [0.05, 0.1) is 53.3 Å². The Morgan fingerprint density at radius 2 is 0.635 bits per heavy atom. The number of halogens is 1. The van der Waals surface area contributed by atoms with E-state index < -0.39 is 192 Å². The highest BCUT2D eigenvalue weighted by atomic mass is 35.5. The van der Waals surface area contributed by atoms with E-state index in [9.17, 15) is 90.0 Å². The molecule has 36 heteroatoms. The van der Waals surface area contributed by atoms with Crippen molar-refractivity contribution in [2.75, 3.05) is 33.0 Å². The van der Waals surface area contributed by atoms with Crippen LogP contribution in [-0.2, 0) is 143 Å². The number of hydrogen-bond acceptors (Lipinski definition) is 30. The zero-order valence-electron chi connectivity index (χ0n) is 75.6. The van der Waals surface area contributed by atoms with Gasteiger partial charge in [0.1, 0.15) is 94.3 Å². The Hall–Kier alpha value is -9.40. The van der Waals surface area contributed by atoms with Crippen LogP contribution in [0.15, 0.2) is 161 Å². The number of ketones is 5. The van der Waals surface area contributed by atoms with Crippen molar-refractivity contribution in [2.24, 2.45) is 27.1 Å². The summed E-state index contributed by atoms with van der Waals surface area (Å²) in [5.74, 6) is -6.79. The van der Waals surface area contributed by atoms with E-state index in [4.69, 9.17) is 52.0 Å². The van der Waals surface area contributed by atoms with Crippen molar-refractivity contribution in [1.29, 1.82) is 0 Å². The summed E-state index contributed by atoms with van der Waals surface area (Å²) >= 11 is 6.03. The molecule has 5 unspecified atom stereocenters. The molecule has 696 valence electrons. The monoisotopic (exact) mass is 1870 g/mol. The predicted octanol–water partition coefficient (Wildman–Crippen LogP) is 15.6. The van der Waals surface area contributed by atoms with E-state index in [0.29, 0.717) is 21.7 Å². The minimum Gasteiger partial charge on any atom is -0.462 e. The molecule has 0 radical (unpaired) electrons. The van der Waals surface area contributed by atoms with Crippen molar-refractivity contribution in [3.63, 3.8) is 0 Å². The lowest BCUT2D eigenvalue weighted by molar-refractivity contribution is -0.172. The lowest BCUT2D eigenvalue weighted by Gasteiger charge is -2.29. The summed E-state index contributed by atoms with van der Waals surface area (Å²) < 4.78 is 173. The largest absolute Gasteiger partial charge is 0.462 e. The molecule has 0 aromatic heterocycles. The average molecular weight is 1880 g/mol. The average Bonchev–Trinajstić information content (AvgIpc) is 0.774. The van der Waals surface area contributed by atoms with Crippen molar-refractivity contribution in [3.8, 4) is 0 Å². The molecule has 0 aliphatic heterocycles.